The number of hydrogen-bond acceptors (Lipinski definition) is 2. The van der Waals surface area contributed by atoms with E-state index in [9.17, 15) is 0 Å². The van der Waals surface area contributed by atoms with E-state index in [1.54, 1.807) is 0 Å². The van der Waals surface area contributed by atoms with E-state index in [-0.39, 0.29) is 0 Å². The molecule has 1 unspecified atom stereocenters. The Balaban J connectivity index is 4.32. The third kappa shape index (κ3) is 8.10. The van der Waals surface area contributed by atoms with E-state index >= 15 is 0 Å². The second-order valence-corrected chi connectivity index (χ2v) is 4.68. The highest BCUT2D eigenvalue weighted by atomic mass is 16.6. The van der Waals surface area contributed by atoms with E-state index in [0.717, 1.165) is 5.71 Å². The molecule has 0 aromatic heterocycles. The van der Waals surface area contributed by atoms with Crippen molar-refractivity contribution >= 4 is 5.71 Å². The lowest BCUT2D eigenvalue weighted by Crippen LogP contribution is -2.13. The Kier molecular flexibility index (Phi) is 11.7. The van der Waals surface area contributed by atoms with Gasteiger partial charge in [0, 0.05) is 5.92 Å². The second kappa shape index (κ2) is 12.4. The SMILES string of the molecule is C=CO/N=C(\C=C)C(CCCC)CCCCCC. The first-order valence-electron chi connectivity index (χ1n) is 7.27. The summed E-state index contributed by atoms with van der Waals surface area (Å²) in [5.74, 6) is 0.485. The Labute approximate surface area is 113 Å². The zero-order valence-corrected chi connectivity index (χ0v) is 12.2. The smallest absolute Gasteiger partial charge is 0.114 e. The van der Waals surface area contributed by atoms with Gasteiger partial charge in [-0.15, -0.1) is 0 Å². The summed E-state index contributed by atoms with van der Waals surface area (Å²) < 4.78 is 0. The van der Waals surface area contributed by atoms with Gasteiger partial charge in [0.2, 0.25) is 0 Å². The maximum absolute atomic E-state index is 4.96. The minimum atomic E-state index is 0.485. The Morgan fingerprint density at radius 1 is 1.06 bits per heavy atom. The van der Waals surface area contributed by atoms with E-state index < -0.39 is 0 Å². The molecule has 1 atom stereocenters. The number of oxime groups is 1. The van der Waals surface area contributed by atoms with E-state index in [1.165, 1.54) is 57.6 Å². The molecule has 0 fully saturated rings. The van der Waals surface area contributed by atoms with Gasteiger partial charge in [-0.3, -0.25) is 0 Å². The molecule has 0 saturated heterocycles. The van der Waals surface area contributed by atoms with Gasteiger partial charge in [-0.2, -0.15) is 0 Å². The molecule has 0 aliphatic heterocycles. The van der Waals surface area contributed by atoms with Gasteiger partial charge < -0.3 is 4.84 Å². The van der Waals surface area contributed by atoms with E-state index in [2.05, 4.69) is 32.2 Å². The molecule has 0 rings (SSSR count). The van der Waals surface area contributed by atoms with Crippen molar-refractivity contribution in [3.63, 3.8) is 0 Å². The van der Waals surface area contributed by atoms with Gasteiger partial charge in [0.1, 0.15) is 6.26 Å². The molecule has 0 heterocycles. The van der Waals surface area contributed by atoms with Crippen molar-refractivity contribution in [1.29, 1.82) is 0 Å². The molecule has 2 nitrogen and oxygen atoms in total. The molecule has 0 spiro atoms. The average molecular weight is 251 g/mol. The van der Waals surface area contributed by atoms with Crippen LogP contribution in [-0.2, 0) is 4.84 Å². The Morgan fingerprint density at radius 3 is 2.28 bits per heavy atom. The van der Waals surface area contributed by atoms with E-state index in [1.807, 2.05) is 6.08 Å². The van der Waals surface area contributed by atoms with Crippen LogP contribution in [0.15, 0.2) is 30.7 Å². The van der Waals surface area contributed by atoms with E-state index in [0.29, 0.717) is 5.92 Å². The van der Waals surface area contributed by atoms with Crippen molar-refractivity contribution in [3.05, 3.63) is 25.5 Å². The summed E-state index contributed by atoms with van der Waals surface area (Å²) in [7, 11) is 0. The fourth-order valence-corrected chi connectivity index (χ4v) is 2.08. The van der Waals surface area contributed by atoms with Gasteiger partial charge >= 0.3 is 0 Å². The van der Waals surface area contributed by atoms with Crippen LogP contribution in [0.5, 0.6) is 0 Å². The topological polar surface area (TPSA) is 21.6 Å². The Bertz CT molecular complexity index is 245. The van der Waals surface area contributed by atoms with Crippen LogP contribution in [0.25, 0.3) is 0 Å². The van der Waals surface area contributed by atoms with Crippen LogP contribution in [0.3, 0.4) is 0 Å². The lowest BCUT2D eigenvalue weighted by Gasteiger charge is -2.16. The standard InChI is InChI=1S/C16H29NO/c1-5-9-11-12-14-15(13-10-6-2)16(7-3)17-18-8-4/h7-8,15H,3-6,9-14H2,1-2H3/b17-16+. The van der Waals surface area contributed by atoms with Crippen molar-refractivity contribution in [2.45, 2.75) is 65.2 Å². The summed E-state index contributed by atoms with van der Waals surface area (Å²) in [6.45, 7) is 11.8. The summed E-state index contributed by atoms with van der Waals surface area (Å²) >= 11 is 0. The number of allylic oxidation sites excluding steroid dienone is 1. The van der Waals surface area contributed by atoms with Gasteiger partial charge in [-0.05, 0) is 18.9 Å². The molecule has 0 aromatic rings. The normalized spacial score (nSPS) is 13.1. The number of hydrogen-bond donors (Lipinski definition) is 0. The minimum absolute atomic E-state index is 0.485. The monoisotopic (exact) mass is 251 g/mol. The molecule has 0 saturated carbocycles. The first-order chi connectivity index (χ1) is 8.79. The van der Waals surface area contributed by atoms with Crippen LogP contribution >= 0.6 is 0 Å². The van der Waals surface area contributed by atoms with Gasteiger partial charge in [-0.1, -0.05) is 70.7 Å². The lowest BCUT2D eigenvalue weighted by molar-refractivity contribution is 0.266. The lowest BCUT2D eigenvalue weighted by atomic mass is 9.91. The fraction of sp³-hybridized carbons (Fsp3) is 0.688. The molecule has 0 aromatic carbocycles. The van der Waals surface area contributed by atoms with Crippen molar-refractivity contribution < 1.29 is 4.84 Å². The highest BCUT2D eigenvalue weighted by Crippen LogP contribution is 2.20. The van der Waals surface area contributed by atoms with Crippen molar-refractivity contribution in [3.8, 4) is 0 Å². The quantitative estimate of drug-likeness (QED) is 0.195. The molecule has 0 N–H and O–H groups in total. The second-order valence-electron chi connectivity index (χ2n) is 4.68. The predicted molar refractivity (Wildman–Crippen MR) is 80.7 cm³/mol. The summed E-state index contributed by atoms with van der Waals surface area (Å²) in [6.07, 6.45) is 13.2. The zero-order chi connectivity index (χ0) is 13.6. The van der Waals surface area contributed by atoms with Crippen LogP contribution in [-0.4, -0.2) is 5.71 Å². The van der Waals surface area contributed by atoms with Crippen LogP contribution in [0.2, 0.25) is 0 Å². The molecule has 0 radical (unpaired) electrons. The molecule has 104 valence electrons. The van der Waals surface area contributed by atoms with E-state index in [4.69, 9.17) is 4.84 Å². The minimum Gasteiger partial charge on any atom is -0.365 e. The van der Waals surface area contributed by atoms with Crippen molar-refractivity contribution in [2.75, 3.05) is 0 Å². The largest absolute Gasteiger partial charge is 0.365 e. The van der Waals surface area contributed by atoms with Crippen molar-refractivity contribution in [1.82, 2.24) is 0 Å². The van der Waals surface area contributed by atoms with Crippen molar-refractivity contribution in [2.24, 2.45) is 11.1 Å². The van der Waals surface area contributed by atoms with Gasteiger partial charge in [-0.25, -0.2) is 0 Å². The summed E-state index contributed by atoms with van der Waals surface area (Å²) in [5.41, 5.74) is 0.972. The third-order valence-electron chi connectivity index (χ3n) is 3.17. The Morgan fingerprint density at radius 2 is 1.72 bits per heavy atom. The molecular weight excluding hydrogens is 222 g/mol. The summed E-state index contributed by atoms with van der Waals surface area (Å²) in [5, 5.41) is 4.09. The van der Waals surface area contributed by atoms with Gasteiger partial charge in [0.15, 0.2) is 0 Å². The fourth-order valence-electron chi connectivity index (χ4n) is 2.08. The molecule has 0 bridgehead atoms. The van der Waals surface area contributed by atoms with Crippen LogP contribution in [0.1, 0.15) is 65.2 Å². The number of nitrogens with zero attached hydrogens (tertiary/aromatic N) is 1. The highest BCUT2D eigenvalue weighted by Gasteiger charge is 2.13. The first kappa shape index (κ1) is 16.9. The maximum atomic E-state index is 4.96. The van der Waals surface area contributed by atoms with Gasteiger partial charge in [0.05, 0.1) is 5.71 Å². The molecule has 18 heavy (non-hydrogen) atoms. The summed E-state index contributed by atoms with van der Waals surface area (Å²) in [4.78, 5) is 4.96. The number of unbranched alkanes of at least 4 members (excludes halogenated alkanes) is 4. The summed E-state index contributed by atoms with van der Waals surface area (Å²) in [6, 6.07) is 0. The molecule has 0 aliphatic rings. The highest BCUT2D eigenvalue weighted by molar-refractivity contribution is 5.95. The van der Waals surface area contributed by atoms with Gasteiger partial charge in [0.25, 0.3) is 0 Å². The molecule has 2 heteroatoms. The molecule has 0 aliphatic carbocycles. The third-order valence-corrected chi connectivity index (χ3v) is 3.17. The van der Waals surface area contributed by atoms with Crippen LogP contribution in [0.4, 0.5) is 0 Å². The number of rotatable bonds is 12. The van der Waals surface area contributed by atoms with Crippen LogP contribution < -0.4 is 0 Å². The predicted octanol–water partition coefficient (Wildman–Crippen LogP) is 5.47. The molecule has 0 amide bonds. The Hall–Kier alpha value is -1.05. The first-order valence-corrected chi connectivity index (χ1v) is 7.27. The molecular formula is C16H29NO. The zero-order valence-electron chi connectivity index (χ0n) is 12.2. The maximum Gasteiger partial charge on any atom is 0.114 e. The van der Waals surface area contributed by atoms with Crippen LogP contribution in [0, 0.1) is 5.92 Å². The average Bonchev–Trinajstić information content (AvgIpc) is 2.40.